The summed E-state index contributed by atoms with van der Waals surface area (Å²) in [6.07, 6.45) is 13.6. The van der Waals surface area contributed by atoms with Gasteiger partial charge in [-0.1, -0.05) is 12.8 Å². The molecule has 1 saturated heterocycles. The first-order valence-electron chi connectivity index (χ1n) is 10.8. The summed E-state index contributed by atoms with van der Waals surface area (Å²) in [4.78, 5) is 15.6. The van der Waals surface area contributed by atoms with Crippen molar-refractivity contribution in [2.24, 2.45) is 30.7 Å². The van der Waals surface area contributed by atoms with Gasteiger partial charge in [-0.2, -0.15) is 5.10 Å². The minimum atomic E-state index is 0.106. The fourth-order valence-corrected chi connectivity index (χ4v) is 6.64. The van der Waals surface area contributed by atoms with Gasteiger partial charge in [0, 0.05) is 26.2 Å². The van der Waals surface area contributed by atoms with Gasteiger partial charge in [0.15, 0.2) is 0 Å². The SMILES string of the molecule is Cn1ncc(C(=O)NC2C3CC4CC(C3)CC2C4)c1N1CCCCCC1. The Morgan fingerprint density at radius 2 is 1.62 bits per heavy atom. The Kier molecular flexibility index (Phi) is 4.21. The molecule has 6 rings (SSSR count). The van der Waals surface area contributed by atoms with Crippen LogP contribution in [0.2, 0.25) is 0 Å². The fraction of sp³-hybridized carbons (Fsp3) is 0.810. The zero-order valence-corrected chi connectivity index (χ0v) is 16.0. The maximum atomic E-state index is 13.2. The highest BCUT2D eigenvalue weighted by molar-refractivity contribution is 5.99. The van der Waals surface area contributed by atoms with Crippen molar-refractivity contribution < 1.29 is 4.79 Å². The predicted octanol–water partition coefficient (Wildman–Crippen LogP) is 3.36. The van der Waals surface area contributed by atoms with Gasteiger partial charge < -0.3 is 10.2 Å². The van der Waals surface area contributed by atoms with Gasteiger partial charge in [-0.25, -0.2) is 0 Å². The van der Waals surface area contributed by atoms with Crippen LogP contribution in [0.25, 0.3) is 0 Å². The first-order chi connectivity index (χ1) is 12.7. The van der Waals surface area contributed by atoms with Gasteiger partial charge >= 0.3 is 0 Å². The summed E-state index contributed by atoms with van der Waals surface area (Å²) in [5.41, 5.74) is 0.781. The molecule has 5 nitrogen and oxygen atoms in total. The van der Waals surface area contributed by atoms with Crippen LogP contribution in [0.3, 0.4) is 0 Å². The molecule has 5 aliphatic rings. The van der Waals surface area contributed by atoms with E-state index < -0.39 is 0 Å². The smallest absolute Gasteiger partial charge is 0.256 e. The van der Waals surface area contributed by atoms with Crippen LogP contribution in [0.5, 0.6) is 0 Å². The van der Waals surface area contributed by atoms with E-state index in [4.69, 9.17) is 0 Å². The summed E-state index contributed by atoms with van der Waals surface area (Å²) in [6.45, 7) is 2.08. The largest absolute Gasteiger partial charge is 0.356 e. The van der Waals surface area contributed by atoms with Crippen LogP contribution < -0.4 is 10.2 Å². The number of nitrogens with zero attached hydrogens (tertiary/aromatic N) is 3. The van der Waals surface area contributed by atoms with Gasteiger partial charge in [0.1, 0.15) is 11.4 Å². The summed E-state index contributed by atoms with van der Waals surface area (Å²) >= 11 is 0. The number of carbonyl (C=O) groups is 1. The van der Waals surface area contributed by atoms with E-state index in [0.29, 0.717) is 17.9 Å². The molecule has 4 bridgehead atoms. The molecule has 0 atom stereocenters. The lowest BCUT2D eigenvalue weighted by Crippen LogP contribution is -2.55. The number of anilines is 1. The molecule has 0 unspecified atom stereocenters. The molecule has 1 N–H and O–H groups in total. The lowest BCUT2D eigenvalue weighted by Gasteiger charge is -2.54. The number of rotatable bonds is 3. The highest BCUT2D eigenvalue weighted by atomic mass is 16.1. The fourth-order valence-electron chi connectivity index (χ4n) is 6.64. The number of hydrogen-bond donors (Lipinski definition) is 1. The van der Waals surface area contributed by atoms with E-state index in [2.05, 4.69) is 15.3 Å². The summed E-state index contributed by atoms with van der Waals surface area (Å²) in [7, 11) is 1.97. The summed E-state index contributed by atoms with van der Waals surface area (Å²) < 4.78 is 1.90. The maximum absolute atomic E-state index is 13.2. The van der Waals surface area contributed by atoms with Crippen LogP contribution in [0, 0.1) is 23.7 Å². The van der Waals surface area contributed by atoms with Crippen molar-refractivity contribution in [3.8, 4) is 0 Å². The van der Waals surface area contributed by atoms with Crippen LogP contribution in [0.1, 0.15) is 68.1 Å². The third-order valence-electron chi connectivity index (χ3n) is 7.58. The second-order valence-electron chi connectivity index (χ2n) is 9.34. The lowest BCUT2D eigenvalue weighted by atomic mass is 9.54. The van der Waals surface area contributed by atoms with Gasteiger partial charge in [-0.15, -0.1) is 0 Å². The van der Waals surface area contributed by atoms with E-state index in [0.717, 1.165) is 36.3 Å². The van der Waals surface area contributed by atoms with Crippen molar-refractivity contribution >= 4 is 11.7 Å². The van der Waals surface area contributed by atoms with Crippen LogP contribution >= 0.6 is 0 Å². The van der Waals surface area contributed by atoms with E-state index in [1.807, 2.05) is 11.7 Å². The van der Waals surface area contributed by atoms with Crippen molar-refractivity contribution in [3.63, 3.8) is 0 Å². The van der Waals surface area contributed by atoms with Crippen molar-refractivity contribution in [1.82, 2.24) is 15.1 Å². The average Bonchev–Trinajstić information content (AvgIpc) is 2.82. The summed E-state index contributed by atoms with van der Waals surface area (Å²) in [6, 6.07) is 0.396. The molecule has 0 aromatic carbocycles. The third kappa shape index (κ3) is 2.84. The Morgan fingerprint density at radius 1 is 1.00 bits per heavy atom. The third-order valence-corrected chi connectivity index (χ3v) is 7.58. The first kappa shape index (κ1) is 16.6. The van der Waals surface area contributed by atoms with Crippen LogP contribution in [0.15, 0.2) is 6.20 Å². The molecule has 0 radical (unpaired) electrons. The molecule has 5 heteroatoms. The number of carbonyl (C=O) groups excluding carboxylic acids is 1. The van der Waals surface area contributed by atoms with E-state index in [1.54, 1.807) is 6.20 Å². The van der Waals surface area contributed by atoms with E-state index >= 15 is 0 Å². The molecule has 4 saturated carbocycles. The van der Waals surface area contributed by atoms with Gasteiger partial charge in [-0.3, -0.25) is 9.48 Å². The number of amides is 1. The molecular formula is C21H32N4O. The number of hydrogen-bond acceptors (Lipinski definition) is 3. The lowest BCUT2D eigenvalue weighted by molar-refractivity contribution is -0.0119. The Morgan fingerprint density at radius 3 is 2.23 bits per heavy atom. The number of aromatic nitrogens is 2. The van der Waals surface area contributed by atoms with Crippen LogP contribution in [0.4, 0.5) is 5.82 Å². The standard InChI is InChI=1S/C21H32N4O/c1-24-21(25-6-4-2-3-5-7-25)18(13-22-24)20(26)23-19-16-9-14-8-15(11-16)12-17(19)10-14/h13-17,19H,2-12H2,1H3,(H,23,26). The Hall–Kier alpha value is -1.52. The Bertz CT molecular complexity index is 646. The Balaban J connectivity index is 1.35. The molecule has 4 aliphatic carbocycles. The van der Waals surface area contributed by atoms with Crippen LogP contribution in [-0.4, -0.2) is 34.8 Å². The first-order valence-corrected chi connectivity index (χ1v) is 10.8. The molecule has 2 heterocycles. The normalized spacial score (nSPS) is 36.2. The van der Waals surface area contributed by atoms with Gasteiger partial charge in [-0.05, 0) is 68.6 Å². The maximum Gasteiger partial charge on any atom is 0.256 e. The highest BCUT2D eigenvalue weighted by Crippen LogP contribution is 2.53. The molecule has 1 aromatic rings. The number of aryl methyl sites for hydroxylation is 1. The van der Waals surface area contributed by atoms with Crippen molar-refractivity contribution in [1.29, 1.82) is 0 Å². The quantitative estimate of drug-likeness (QED) is 0.903. The van der Waals surface area contributed by atoms with Crippen molar-refractivity contribution in [2.45, 2.75) is 63.8 Å². The molecule has 5 fully saturated rings. The second kappa shape index (κ2) is 6.58. The predicted molar refractivity (Wildman–Crippen MR) is 102 cm³/mol. The molecule has 1 amide bonds. The summed E-state index contributed by atoms with van der Waals surface area (Å²) in [5.74, 6) is 4.44. The zero-order chi connectivity index (χ0) is 17.7. The molecule has 1 aliphatic heterocycles. The van der Waals surface area contributed by atoms with Crippen molar-refractivity contribution in [2.75, 3.05) is 18.0 Å². The highest BCUT2D eigenvalue weighted by Gasteiger charge is 2.48. The Labute approximate surface area is 156 Å². The van der Waals surface area contributed by atoms with Gasteiger partial charge in [0.25, 0.3) is 5.91 Å². The van der Waals surface area contributed by atoms with Crippen molar-refractivity contribution in [3.05, 3.63) is 11.8 Å². The number of nitrogens with one attached hydrogen (secondary N) is 1. The minimum Gasteiger partial charge on any atom is -0.356 e. The van der Waals surface area contributed by atoms with E-state index in [1.165, 1.54) is 57.8 Å². The molecule has 142 valence electrons. The van der Waals surface area contributed by atoms with Crippen LogP contribution in [-0.2, 0) is 7.05 Å². The average molecular weight is 357 g/mol. The van der Waals surface area contributed by atoms with Gasteiger partial charge in [0.2, 0.25) is 0 Å². The summed E-state index contributed by atoms with van der Waals surface area (Å²) in [5, 5.41) is 7.91. The molecule has 0 spiro atoms. The second-order valence-corrected chi connectivity index (χ2v) is 9.34. The molecule has 1 aromatic heterocycles. The zero-order valence-electron chi connectivity index (χ0n) is 16.0. The topological polar surface area (TPSA) is 50.2 Å². The molecular weight excluding hydrogens is 324 g/mol. The minimum absolute atomic E-state index is 0.106. The van der Waals surface area contributed by atoms with Gasteiger partial charge in [0.05, 0.1) is 6.20 Å². The van der Waals surface area contributed by atoms with E-state index in [-0.39, 0.29) is 5.91 Å². The van der Waals surface area contributed by atoms with E-state index in [9.17, 15) is 4.79 Å². The monoisotopic (exact) mass is 356 g/mol. The molecule has 26 heavy (non-hydrogen) atoms.